The van der Waals surface area contributed by atoms with Gasteiger partial charge in [0, 0.05) is 63.8 Å². The summed E-state index contributed by atoms with van der Waals surface area (Å²) in [6.07, 6.45) is 7.35. The molecule has 1 unspecified atom stereocenters. The summed E-state index contributed by atoms with van der Waals surface area (Å²) in [5.41, 5.74) is 12.7. The maximum Gasteiger partial charge on any atom is 0.226 e. The van der Waals surface area contributed by atoms with E-state index in [1.165, 1.54) is 19.4 Å². The van der Waals surface area contributed by atoms with Crippen LogP contribution in [-0.4, -0.2) is 45.7 Å². The van der Waals surface area contributed by atoms with Crippen molar-refractivity contribution in [3.8, 4) is 17.2 Å². The second kappa shape index (κ2) is 16.3. The van der Waals surface area contributed by atoms with Gasteiger partial charge in [-0.2, -0.15) is 5.26 Å². The van der Waals surface area contributed by atoms with E-state index in [-0.39, 0.29) is 34.8 Å². The van der Waals surface area contributed by atoms with Crippen LogP contribution in [0.5, 0.6) is 0 Å². The highest BCUT2D eigenvalue weighted by molar-refractivity contribution is 6.43. The van der Waals surface area contributed by atoms with Crippen molar-refractivity contribution in [2.24, 2.45) is 28.5 Å². The lowest BCUT2D eigenvalue weighted by molar-refractivity contribution is -0.133. The van der Waals surface area contributed by atoms with E-state index >= 15 is 4.39 Å². The quantitative estimate of drug-likeness (QED) is 0.0489. The standard InChI is InChI=1S/C29H25Cl2FN4O.C7H10N4.C5H9N/c1-15-19-14-22(23-8-4-12-36(23)29(37)16-9-10-16)35-27(19)20-13-17(5-3-11-33)24(26(32)28(20)34-15)18-6-2-7-21(30)25(18)31;8-7(10-11-9)6-4-2-1-3-5-6;1-4-2-5(1)6-3-4/h2,6-7,13-14,16,23,35H,3-5,8-10,12H2,1H3;1-5,11H,9H2,(H2,8,10);4-6H,1-3H2. The van der Waals surface area contributed by atoms with E-state index in [0.29, 0.717) is 45.0 Å². The van der Waals surface area contributed by atoms with Gasteiger partial charge in [-0.25, -0.2) is 20.8 Å². The van der Waals surface area contributed by atoms with Gasteiger partial charge < -0.3 is 20.9 Å². The van der Waals surface area contributed by atoms with E-state index < -0.39 is 5.82 Å². The maximum atomic E-state index is 16.3. The SMILES string of the molecule is C1NC2CC1C2.Cc1nc2c(F)c(-c3cccc(Cl)c3Cl)c(CCC#N)cc2c2[nH]c(C3CCCN3C(=O)C3CC3)cc12.NN/N=C(\N)c1ccccc1. The van der Waals surface area contributed by atoms with Gasteiger partial charge in [0.1, 0.15) is 5.52 Å². The van der Waals surface area contributed by atoms with Crippen molar-refractivity contribution in [2.45, 2.75) is 70.4 Å². The Kier molecular flexibility index (Phi) is 11.4. The summed E-state index contributed by atoms with van der Waals surface area (Å²) in [4.78, 5) is 23.1. The minimum atomic E-state index is -0.484. The number of H-pyrrole nitrogens is 1. The number of benzene rings is 3. The Labute approximate surface area is 324 Å². The number of carbonyl (C=O) groups excluding carboxylic acids is 1. The predicted molar refractivity (Wildman–Crippen MR) is 213 cm³/mol. The molecule has 3 saturated heterocycles. The summed E-state index contributed by atoms with van der Waals surface area (Å²) in [5, 5.41) is 18.4. The van der Waals surface area contributed by atoms with Crippen LogP contribution in [0.3, 0.4) is 0 Å². The molecule has 3 aromatic carbocycles. The third-order valence-electron chi connectivity index (χ3n) is 10.8. The molecule has 1 atom stereocenters. The summed E-state index contributed by atoms with van der Waals surface area (Å²) < 4.78 is 16.3. The highest BCUT2D eigenvalue weighted by Gasteiger charge is 2.39. The van der Waals surface area contributed by atoms with Crippen LogP contribution in [0.25, 0.3) is 32.9 Å². The summed E-state index contributed by atoms with van der Waals surface area (Å²) in [7, 11) is 0. The number of fused-ring (bicyclic) bond motifs is 4. The minimum absolute atomic E-state index is 0.0117. The second-order valence-electron chi connectivity index (χ2n) is 14.5. The summed E-state index contributed by atoms with van der Waals surface area (Å²) in [6, 6.07) is 21.6. The zero-order chi connectivity index (χ0) is 37.9. The smallest absolute Gasteiger partial charge is 0.226 e. The fourth-order valence-corrected chi connectivity index (χ4v) is 8.21. The number of aromatic amines is 1. The molecular weight excluding hydrogens is 724 g/mol. The number of carbonyl (C=O) groups is 1. The molecule has 10 nitrogen and oxygen atoms in total. The first-order valence-corrected chi connectivity index (χ1v) is 19.3. The number of nitriles is 1. The van der Waals surface area contributed by atoms with E-state index in [1.807, 2.05) is 48.2 Å². The zero-order valence-electron chi connectivity index (χ0n) is 30.1. The van der Waals surface area contributed by atoms with Crippen LogP contribution < -0.4 is 22.4 Å². The minimum Gasteiger partial charge on any atom is -0.382 e. The number of rotatable bonds is 7. The van der Waals surface area contributed by atoms with Gasteiger partial charge in [0.25, 0.3) is 0 Å². The average molecular weight is 769 g/mol. The van der Waals surface area contributed by atoms with Crippen molar-refractivity contribution in [3.63, 3.8) is 0 Å². The van der Waals surface area contributed by atoms with Gasteiger partial charge >= 0.3 is 0 Å². The van der Waals surface area contributed by atoms with Crippen molar-refractivity contribution >= 4 is 56.8 Å². The number of nitrogens with one attached hydrogen (secondary N) is 3. The van der Waals surface area contributed by atoms with Crippen LogP contribution >= 0.6 is 23.2 Å². The van der Waals surface area contributed by atoms with Crippen LogP contribution in [0.15, 0.2) is 65.8 Å². The first-order valence-electron chi connectivity index (χ1n) is 18.5. The maximum absolute atomic E-state index is 16.3. The molecule has 2 bridgehead atoms. The van der Waals surface area contributed by atoms with Crippen molar-refractivity contribution in [1.29, 1.82) is 5.26 Å². The largest absolute Gasteiger partial charge is 0.382 e. The Hall–Kier alpha value is -4.73. The molecule has 2 aromatic heterocycles. The Morgan fingerprint density at radius 2 is 1.89 bits per heavy atom. The van der Waals surface area contributed by atoms with Gasteiger partial charge in [0.2, 0.25) is 5.91 Å². The molecule has 5 aliphatic rings. The first kappa shape index (κ1) is 37.6. The van der Waals surface area contributed by atoms with E-state index in [9.17, 15) is 10.1 Å². The van der Waals surface area contributed by atoms with Crippen molar-refractivity contribution in [1.82, 2.24) is 25.7 Å². The van der Waals surface area contributed by atoms with Gasteiger partial charge in [-0.1, -0.05) is 65.7 Å². The molecule has 5 aromatic rings. The summed E-state index contributed by atoms with van der Waals surface area (Å²) in [6.45, 7) is 3.95. The van der Waals surface area contributed by atoms with E-state index in [1.54, 1.807) is 18.2 Å². The number of pyridine rings is 1. The van der Waals surface area contributed by atoms with E-state index in [2.05, 4.69) is 38.1 Å². The van der Waals surface area contributed by atoms with Crippen molar-refractivity contribution in [3.05, 3.63) is 99.0 Å². The molecule has 280 valence electrons. The lowest BCUT2D eigenvalue weighted by Crippen LogP contribution is -2.31. The Bertz CT molecular complexity index is 2230. The molecule has 13 heteroatoms. The molecule has 10 rings (SSSR count). The second-order valence-corrected chi connectivity index (χ2v) is 15.3. The molecular formula is C41H44Cl2FN9O. The fraction of sp³-hybridized carbons (Fsp3) is 0.366. The Morgan fingerprint density at radius 3 is 2.54 bits per heavy atom. The lowest BCUT2D eigenvalue weighted by atomic mass is 9.87. The Morgan fingerprint density at radius 1 is 1.11 bits per heavy atom. The van der Waals surface area contributed by atoms with Crippen LogP contribution in [0.1, 0.15) is 73.5 Å². The average Bonchev–Trinajstić information content (AvgIpc) is 3.56. The topological polar surface area (TPSA) is 161 Å². The number of hydrogen-bond donors (Lipinski definition) is 5. The molecule has 7 N–H and O–H groups in total. The number of hydrazine groups is 1. The number of halogens is 3. The number of hydrogen-bond acceptors (Lipinski definition) is 7. The van der Waals surface area contributed by atoms with Gasteiger partial charge in [-0.15, -0.1) is 5.10 Å². The number of amides is 1. The number of nitrogens with two attached hydrogens (primary N) is 2. The Balaban J connectivity index is 0.000000215. The first-order chi connectivity index (χ1) is 26.2. The van der Waals surface area contributed by atoms with Gasteiger partial charge in [0.05, 0.1) is 27.7 Å². The van der Waals surface area contributed by atoms with Crippen LogP contribution in [-0.2, 0) is 11.2 Å². The third-order valence-corrected chi connectivity index (χ3v) is 11.7. The number of amidine groups is 1. The van der Waals surface area contributed by atoms with Crippen LogP contribution in [0, 0.1) is 35.9 Å². The molecule has 2 aliphatic carbocycles. The highest BCUT2D eigenvalue weighted by atomic mass is 35.5. The van der Waals surface area contributed by atoms with Crippen molar-refractivity contribution in [2.75, 3.05) is 13.1 Å². The monoisotopic (exact) mass is 767 g/mol. The summed E-state index contributed by atoms with van der Waals surface area (Å²) in [5.74, 6) is 6.34. The number of nitrogens with zero attached hydrogens (tertiary/aromatic N) is 4. The molecule has 0 radical (unpaired) electrons. The van der Waals surface area contributed by atoms with E-state index in [4.69, 9.17) is 34.8 Å². The normalized spacial score (nSPS) is 20.1. The van der Waals surface area contributed by atoms with Gasteiger partial charge in [-0.3, -0.25) is 4.79 Å². The highest BCUT2D eigenvalue weighted by Crippen LogP contribution is 2.43. The molecule has 2 saturated carbocycles. The number of hydrazone groups is 1. The zero-order valence-corrected chi connectivity index (χ0v) is 31.7. The number of aromatic nitrogens is 2. The van der Waals surface area contributed by atoms with Gasteiger partial charge in [-0.05, 0) is 88.1 Å². The molecule has 54 heavy (non-hydrogen) atoms. The fourth-order valence-electron chi connectivity index (χ4n) is 7.81. The molecule has 3 aliphatic heterocycles. The molecule has 1 amide bonds. The number of aryl methyl sites for hydroxylation is 2. The molecule has 5 heterocycles. The van der Waals surface area contributed by atoms with Crippen LogP contribution in [0.4, 0.5) is 4.39 Å². The molecule has 0 spiro atoms. The summed E-state index contributed by atoms with van der Waals surface area (Å²) >= 11 is 12.8. The lowest BCUT2D eigenvalue weighted by Gasteiger charge is -2.24. The van der Waals surface area contributed by atoms with E-state index in [0.717, 1.165) is 66.3 Å². The number of likely N-dealkylation sites (tertiary alicyclic amines) is 1. The predicted octanol–water partition coefficient (Wildman–Crippen LogP) is 7.81. The van der Waals surface area contributed by atoms with Gasteiger partial charge in [0.15, 0.2) is 11.7 Å². The van der Waals surface area contributed by atoms with Crippen LogP contribution in [0.2, 0.25) is 10.0 Å². The van der Waals surface area contributed by atoms with Crippen molar-refractivity contribution < 1.29 is 9.18 Å². The third kappa shape index (κ3) is 7.75. The molecule has 5 fully saturated rings.